The molecule has 4 aromatic rings. The van der Waals surface area contributed by atoms with E-state index in [4.69, 9.17) is 4.42 Å². The van der Waals surface area contributed by atoms with Gasteiger partial charge in [-0.1, -0.05) is 11.8 Å². The minimum Gasteiger partial charge on any atom is -0.455 e. The lowest BCUT2D eigenvalue weighted by molar-refractivity contribution is 0.0995. The van der Waals surface area contributed by atoms with Gasteiger partial charge in [-0.2, -0.15) is 10.2 Å². The van der Waals surface area contributed by atoms with Gasteiger partial charge in [0.05, 0.1) is 11.4 Å². The van der Waals surface area contributed by atoms with Crippen LogP contribution >= 0.6 is 11.8 Å². The third-order valence-electron chi connectivity index (χ3n) is 3.35. The van der Waals surface area contributed by atoms with Crippen LogP contribution in [-0.4, -0.2) is 35.7 Å². The largest absolute Gasteiger partial charge is 0.455 e. The number of H-pyrrole nitrogens is 1. The number of carbonyl (C=O) groups is 1. The number of aromatic nitrogens is 6. The zero-order valence-electron chi connectivity index (χ0n) is 13.1. The van der Waals surface area contributed by atoms with Crippen LogP contribution in [0.15, 0.2) is 46.4 Å². The van der Waals surface area contributed by atoms with E-state index in [9.17, 15) is 4.79 Å². The lowest BCUT2D eigenvalue weighted by Crippen LogP contribution is -2.12. The number of amides is 1. The van der Waals surface area contributed by atoms with Gasteiger partial charge in [-0.15, -0.1) is 0 Å². The summed E-state index contributed by atoms with van der Waals surface area (Å²) in [6, 6.07) is 6.96. The summed E-state index contributed by atoms with van der Waals surface area (Å²) in [6.45, 7) is 1.80. The van der Waals surface area contributed by atoms with E-state index in [-0.39, 0.29) is 11.7 Å². The Kier molecular flexibility index (Phi) is 3.94. The van der Waals surface area contributed by atoms with Crippen molar-refractivity contribution in [3.05, 3.63) is 54.1 Å². The third-order valence-corrected chi connectivity index (χ3v) is 4.24. The minimum absolute atomic E-state index is 0.228. The van der Waals surface area contributed by atoms with Crippen LogP contribution < -0.4 is 5.32 Å². The van der Waals surface area contributed by atoms with Gasteiger partial charge in [-0.05, 0) is 31.2 Å². The molecule has 25 heavy (non-hydrogen) atoms. The minimum atomic E-state index is -0.343. The van der Waals surface area contributed by atoms with Crippen molar-refractivity contribution in [2.45, 2.75) is 17.8 Å². The maximum absolute atomic E-state index is 12.4. The first kappa shape index (κ1) is 15.4. The topological polar surface area (TPSA) is 114 Å². The van der Waals surface area contributed by atoms with Crippen LogP contribution in [0, 0.1) is 6.92 Å². The van der Waals surface area contributed by atoms with Crippen LogP contribution in [0.25, 0.3) is 5.65 Å². The van der Waals surface area contributed by atoms with Gasteiger partial charge in [-0.25, -0.2) is 14.5 Å². The van der Waals surface area contributed by atoms with Crippen LogP contribution in [0.5, 0.6) is 0 Å². The average molecular weight is 355 g/mol. The second-order valence-electron chi connectivity index (χ2n) is 5.15. The van der Waals surface area contributed by atoms with Gasteiger partial charge >= 0.3 is 0 Å². The van der Waals surface area contributed by atoms with E-state index in [2.05, 4.69) is 30.6 Å². The number of fused-ring (bicyclic) bond motifs is 1. The van der Waals surface area contributed by atoms with Crippen LogP contribution in [-0.2, 0) is 5.75 Å². The Labute approximate surface area is 145 Å². The van der Waals surface area contributed by atoms with Crippen molar-refractivity contribution in [2.75, 3.05) is 5.32 Å². The van der Waals surface area contributed by atoms with Crippen LogP contribution in [0.4, 0.5) is 5.69 Å². The van der Waals surface area contributed by atoms with E-state index in [0.29, 0.717) is 33.8 Å². The number of aryl methyl sites for hydroxylation is 1. The average Bonchev–Trinajstić information content (AvgIpc) is 3.33. The van der Waals surface area contributed by atoms with E-state index < -0.39 is 0 Å². The molecule has 4 rings (SSSR count). The lowest BCUT2D eigenvalue weighted by Gasteiger charge is -2.04. The molecule has 0 aromatic carbocycles. The van der Waals surface area contributed by atoms with E-state index in [1.165, 1.54) is 18.1 Å². The predicted octanol–water partition coefficient (Wildman–Crippen LogP) is 2.29. The first-order chi connectivity index (χ1) is 12.2. The highest BCUT2D eigenvalue weighted by atomic mass is 32.2. The summed E-state index contributed by atoms with van der Waals surface area (Å²) >= 11 is 1.44. The van der Waals surface area contributed by atoms with Crippen molar-refractivity contribution in [1.29, 1.82) is 0 Å². The molecule has 0 radical (unpaired) electrons. The first-order valence-electron chi connectivity index (χ1n) is 7.39. The molecule has 0 atom stereocenters. The highest BCUT2D eigenvalue weighted by Crippen LogP contribution is 2.21. The molecule has 0 aliphatic heterocycles. The molecule has 0 bridgehead atoms. The lowest BCUT2D eigenvalue weighted by atomic mass is 10.3. The van der Waals surface area contributed by atoms with Gasteiger partial charge in [-0.3, -0.25) is 9.89 Å². The number of thioether (sulfide) groups is 1. The van der Waals surface area contributed by atoms with Crippen LogP contribution in [0.3, 0.4) is 0 Å². The third kappa shape index (κ3) is 3.24. The molecule has 10 heteroatoms. The van der Waals surface area contributed by atoms with E-state index in [0.717, 1.165) is 0 Å². The standard InChI is InChI=1S/C15H13N7O2S/c1-9-18-13-11(3-2-6-22(13)21-9)19-14(23)12-5-4-10(24-12)7-25-15-16-8-17-20-15/h2-6,8H,7H2,1H3,(H,19,23)(H,16,17,20). The Morgan fingerprint density at radius 1 is 1.40 bits per heavy atom. The summed E-state index contributed by atoms with van der Waals surface area (Å²) in [4.78, 5) is 20.7. The molecule has 1 amide bonds. The number of aromatic amines is 1. The molecule has 0 saturated carbocycles. The Bertz CT molecular complexity index is 1020. The van der Waals surface area contributed by atoms with Crippen molar-refractivity contribution in [1.82, 2.24) is 29.8 Å². The number of carbonyl (C=O) groups excluding carboxylic acids is 1. The highest BCUT2D eigenvalue weighted by molar-refractivity contribution is 7.98. The van der Waals surface area contributed by atoms with Gasteiger partial charge in [0.15, 0.2) is 16.6 Å². The first-order valence-corrected chi connectivity index (χ1v) is 8.38. The molecule has 126 valence electrons. The number of hydrogen-bond acceptors (Lipinski definition) is 7. The highest BCUT2D eigenvalue weighted by Gasteiger charge is 2.14. The van der Waals surface area contributed by atoms with E-state index >= 15 is 0 Å². The summed E-state index contributed by atoms with van der Waals surface area (Å²) < 4.78 is 7.21. The molecule has 4 heterocycles. The Hall–Kier alpha value is -3.14. The molecule has 0 spiro atoms. The smallest absolute Gasteiger partial charge is 0.291 e. The van der Waals surface area contributed by atoms with Crippen molar-refractivity contribution >= 4 is 29.0 Å². The Morgan fingerprint density at radius 2 is 2.32 bits per heavy atom. The maximum atomic E-state index is 12.4. The Morgan fingerprint density at radius 3 is 3.16 bits per heavy atom. The fourth-order valence-electron chi connectivity index (χ4n) is 2.28. The SMILES string of the molecule is Cc1nc2c(NC(=O)c3ccc(CSc4ncn[nH]4)o3)cccn2n1. The summed E-state index contributed by atoms with van der Waals surface area (Å²) in [7, 11) is 0. The number of nitrogens with zero attached hydrogens (tertiary/aromatic N) is 5. The molecule has 4 aromatic heterocycles. The molecular weight excluding hydrogens is 342 g/mol. The number of furan rings is 1. The monoisotopic (exact) mass is 355 g/mol. The molecule has 2 N–H and O–H groups in total. The van der Waals surface area contributed by atoms with Gasteiger partial charge in [0.2, 0.25) is 0 Å². The Balaban J connectivity index is 1.47. The van der Waals surface area contributed by atoms with Crippen LogP contribution in [0.2, 0.25) is 0 Å². The molecule has 0 aliphatic rings. The second kappa shape index (κ2) is 6.40. The van der Waals surface area contributed by atoms with Crippen LogP contribution in [0.1, 0.15) is 22.1 Å². The second-order valence-corrected chi connectivity index (χ2v) is 6.11. The fraction of sp³-hybridized carbons (Fsp3) is 0.133. The van der Waals surface area contributed by atoms with Gasteiger partial charge in [0.25, 0.3) is 5.91 Å². The van der Waals surface area contributed by atoms with Crippen molar-refractivity contribution in [3.63, 3.8) is 0 Å². The number of pyridine rings is 1. The quantitative estimate of drug-likeness (QED) is 0.528. The van der Waals surface area contributed by atoms with E-state index in [1.54, 1.807) is 41.9 Å². The molecular formula is C15H13N7O2S. The number of hydrogen-bond donors (Lipinski definition) is 2. The van der Waals surface area contributed by atoms with E-state index in [1.807, 2.05) is 0 Å². The van der Waals surface area contributed by atoms with Crippen molar-refractivity contribution in [3.8, 4) is 0 Å². The molecule has 9 nitrogen and oxygen atoms in total. The zero-order chi connectivity index (χ0) is 17.2. The molecule has 0 aliphatic carbocycles. The normalized spacial score (nSPS) is 11.1. The van der Waals surface area contributed by atoms with Gasteiger partial charge in [0.1, 0.15) is 17.9 Å². The molecule has 0 unspecified atom stereocenters. The summed E-state index contributed by atoms with van der Waals surface area (Å²) in [5.41, 5.74) is 1.16. The fourth-order valence-corrected chi connectivity index (χ4v) is 2.95. The summed E-state index contributed by atoms with van der Waals surface area (Å²) in [6.07, 6.45) is 3.22. The summed E-state index contributed by atoms with van der Waals surface area (Å²) in [5, 5.41) is 14.2. The van der Waals surface area contributed by atoms with Gasteiger partial charge in [0, 0.05) is 6.20 Å². The van der Waals surface area contributed by atoms with Crippen molar-refractivity contribution in [2.24, 2.45) is 0 Å². The number of anilines is 1. The molecule has 0 saturated heterocycles. The molecule has 0 fully saturated rings. The van der Waals surface area contributed by atoms with Gasteiger partial charge < -0.3 is 9.73 Å². The zero-order valence-corrected chi connectivity index (χ0v) is 13.9. The number of rotatable bonds is 5. The van der Waals surface area contributed by atoms with Crippen molar-refractivity contribution < 1.29 is 9.21 Å². The maximum Gasteiger partial charge on any atom is 0.291 e. The summed E-state index contributed by atoms with van der Waals surface area (Å²) in [5.74, 6) is 1.73. The number of nitrogens with one attached hydrogen (secondary N) is 2. The predicted molar refractivity (Wildman–Crippen MR) is 90.3 cm³/mol.